The highest BCUT2D eigenvalue weighted by atomic mass is 35.5. The highest BCUT2D eigenvalue weighted by Gasteiger charge is 2.22. The fraction of sp³-hybridized carbons (Fsp3) is 0.682. The summed E-state index contributed by atoms with van der Waals surface area (Å²) in [6.45, 7) is 10.1. The van der Waals surface area contributed by atoms with Crippen molar-refractivity contribution in [2.75, 3.05) is 32.8 Å². The van der Waals surface area contributed by atoms with Gasteiger partial charge < -0.3 is 20.1 Å². The van der Waals surface area contributed by atoms with Gasteiger partial charge in [-0.15, -0.1) is 12.4 Å². The van der Waals surface area contributed by atoms with Crippen molar-refractivity contribution in [2.24, 2.45) is 5.73 Å². The SMILES string of the molecule is CC(C)(C)c1ccc(OCCCC(=O)N2CCC(OCCCN)CC2)cc1.Cl. The molecule has 1 amide bonds. The van der Waals surface area contributed by atoms with Crippen LogP contribution < -0.4 is 10.5 Å². The van der Waals surface area contributed by atoms with Crippen molar-refractivity contribution in [3.05, 3.63) is 29.8 Å². The van der Waals surface area contributed by atoms with Gasteiger partial charge in [-0.05, 0) is 55.3 Å². The van der Waals surface area contributed by atoms with Crippen LogP contribution in [0, 0.1) is 0 Å². The van der Waals surface area contributed by atoms with Crippen molar-refractivity contribution >= 4 is 18.3 Å². The monoisotopic (exact) mass is 412 g/mol. The quantitative estimate of drug-likeness (QED) is 0.624. The lowest BCUT2D eigenvalue weighted by atomic mass is 9.87. The summed E-state index contributed by atoms with van der Waals surface area (Å²) in [7, 11) is 0. The van der Waals surface area contributed by atoms with Crippen LogP contribution in [0.5, 0.6) is 5.75 Å². The summed E-state index contributed by atoms with van der Waals surface area (Å²) in [6.07, 6.45) is 4.31. The molecule has 160 valence electrons. The molecule has 2 rings (SSSR count). The zero-order valence-electron chi connectivity index (χ0n) is 17.6. The zero-order valence-corrected chi connectivity index (χ0v) is 18.4. The fourth-order valence-electron chi connectivity index (χ4n) is 3.23. The highest BCUT2D eigenvalue weighted by Crippen LogP contribution is 2.24. The smallest absolute Gasteiger partial charge is 0.222 e. The molecule has 1 fully saturated rings. The Morgan fingerprint density at radius 1 is 1.11 bits per heavy atom. The minimum absolute atomic E-state index is 0. The summed E-state index contributed by atoms with van der Waals surface area (Å²) in [6, 6.07) is 8.25. The van der Waals surface area contributed by atoms with E-state index in [1.165, 1.54) is 5.56 Å². The molecule has 1 aromatic carbocycles. The van der Waals surface area contributed by atoms with Crippen LogP contribution in [0.15, 0.2) is 24.3 Å². The van der Waals surface area contributed by atoms with Gasteiger partial charge in [-0.25, -0.2) is 0 Å². The first-order chi connectivity index (χ1) is 12.9. The van der Waals surface area contributed by atoms with E-state index >= 15 is 0 Å². The average Bonchev–Trinajstić information content (AvgIpc) is 2.65. The van der Waals surface area contributed by atoms with Gasteiger partial charge in [0.2, 0.25) is 5.91 Å². The molecule has 1 heterocycles. The second kappa shape index (κ2) is 12.3. The van der Waals surface area contributed by atoms with Gasteiger partial charge in [0.25, 0.3) is 0 Å². The second-order valence-electron chi connectivity index (χ2n) is 8.32. The molecule has 28 heavy (non-hydrogen) atoms. The maximum atomic E-state index is 12.3. The summed E-state index contributed by atoms with van der Waals surface area (Å²) in [5, 5.41) is 0. The number of carbonyl (C=O) groups is 1. The maximum absolute atomic E-state index is 12.3. The Bertz CT molecular complexity index is 564. The third-order valence-electron chi connectivity index (χ3n) is 5.02. The molecule has 1 saturated heterocycles. The van der Waals surface area contributed by atoms with Gasteiger partial charge in [0.1, 0.15) is 5.75 Å². The van der Waals surface area contributed by atoms with E-state index in [1.54, 1.807) is 0 Å². The number of nitrogens with two attached hydrogens (primary N) is 1. The van der Waals surface area contributed by atoms with E-state index in [4.69, 9.17) is 15.2 Å². The lowest BCUT2D eigenvalue weighted by Crippen LogP contribution is -2.41. The standard InChI is InChI=1S/C22H36N2O3.ClH/c1-22(2,3)18-7-9-19(10-8-18)26-16-4-6-21(25)24-14-11-20(12-15-24)27-17-5-13-23;/h7-10,20H,4-6,11-17,23H2,1-3H3;1H. The Hall–Kier alpha value is -1.30. The van der Waals surface area contributed by atoms with Crippen molar-refractivity contribution in [3.63, 3.8) is 0 Å². The molecule has 2 N–H and O–H groups in total. The molecule has 1 aliphatic rings. The molecule has 0 aromatic heterocycles. The molecule has 0 aliphatic carbocycles. The first kappa shape index (κ1) is 24.7. The number of hydrogen-bond acceptors (Lipinski definition) is 4. The Kier molecular flexibility index (Phi) is 10.9. The Morgan fingerprint density at radius 3 is 2.32 bits per heavy atom. The lowest BCUT2D eigenvalue weighted by Gasteiger charge is -2.32. The molecule has 1 aromatic rings. The predicted octanol–water partition coefficient (Wildman–Crippen LogP) is 3.92. The van der Waals surface area contributed by atoms with Gasteiger partial charge >= 0.3 is 0 Å². The molecule has 0 radical (unpaired) electrons. The molecule has 1 aliphatic heterocycles. The Balaban J connectivity index is 0.00000392. The van der Waals surface area contributed by atoms with Crippen molar-refractivity contribution in [3.8, 4) is 5.75 Å². The van der Waals surface area contributed by atoms with Crippen LogP contribution in [0.2, 0.25) is 0 Å². The molecule has 0 atom stereocenters. The molecule has 0 bridgehead atoms. The van der Waals surface area contributed by atoms with E-state index in [1.807, 2.05) is 17.0 Å². The summed E-state index contributed by atoms with van der Waals surface area (Å²) in [4.78, 5) is 14.3. The summed E-state index contributed by atoms with van der Waals surface area (Å²) >= 11 is 0. The van der Waals surface area contributed by atoms with Crippen molar-refractivity contribution in [2.45, 2.75) is 64.4 Å². The minimum atomic E-state index is 0. The number of nitrogens with zero attached hydrogens (tertiary/aromatic N) is 1. The van der Waals surface area contributed by atoms with Crippen molar-refractivity contribution in [1.82, 2.24) is 4.90 Å². The number of likely N-dealkylation sites (tertiary alicyclic amines) is 1. The Morgan fingerprint density at radius 2 is 1.75 bits per heavy atom. The Labute approximate surface area is 176 Å². The average molecular weight is 413 g/mol. The van der Waals surface area contributed by atoms with Crippen LogP contribution >= 0.6 is 12.4 Å². The number of halogens is 1. The molecular weight excluding hydrogens is 376 g/mol. The van der Waals surface area contributed by atoms with Gasteiger partial charge in [0, 0.05) is 26.1 Å². The van der Waals surface area contributed by atoms with Crippen LogP contribution in [0.1, 0.15) is 58.4 Å². The fourth-order valence-corrected chi connectivity index (χ4v) is 3.23. The largest absolute Gasteiger partial charge is 0.494 e. The topological polar surface area (TPSA) is 64.8 Å². The van der Waals surface area contributed by atoms with Gasteiger partial charge in [0.15, 0.2) is 0 Å². The molecule has 0 saturated carbocycles. The summed E-state index contributed by atoms with van der Waals surface area (Å²) < 4.78 is 11.6. The first-order valence-electron chi connectivity index (χ1n) is 10.2. The molecule has 0 spiro atoms. The summed E-state index contributed by atoms with van der Waals surface area (Å²) in [5.74, 6) is 1.09. The van der Waals surface area contributed by atoms with Crippen LogP contribution in [-0.4, -0.2) is 49.8 Å². The maximum Gasteiger partial charge on any atom is 0.222 e. The predicted molar refractivity (Wildman–Crippen MR) is 116 cm³/mol. The second-order valence-corrected chi connectivity index (χ2v) is 8.32. The van der Waals surface area contributed by atoms with Crippen LogP contribution in [0.4, 0.5) is 0 Å². The van der Waals surface area contributed by atoms with Crippen LogP contribution in [0.25, 0.3) is 0 Å². The van der Waals surface area contributed by atoms with Crippen LogP contribution in [-0.2, 0) is 14.9 Å². The van der Waals surface area contributed by atoms with E-state index < -0.39 is 0 Å². The van der Waals surface area contributed by atoms with Gasteiger partial charge in [-0.3, -0.25) is 4.79 Å². The van der Waals surface area contributed by atoms with E-state index in [0.29, 0.717) is 19.6 Å². The third-order valence-corrected chi connectivity index (χ3v) is 5.02. The normalized spacial score (nSPS) is 15.2. The number of hydrogen-bond donors (Lipinski definition) is 1. The molecular formula is C22H37ClN2O3. The third kappa shape index (κ3) is 8.38. The van der Waals surface area contributed by atoms with Gasteiger partial charge in [-0.1, -0.05) is 32.9 Å². The number of benzene rings is 1. The number of ether oxygens (including phenoxy) is 2. The van der Waals surface area contributed by atoms with Gasteiger partial charge in [-0.2, -0.15) is 0 Å². The zero-order chi connectivity index (χ0) is 19.7. The number of rotatable bonds is 9. The van der Waals surface area contributed by atoms with E-state index in [2.05, 4.69) is 32.9 Å². The summed E-state index contributed by atoms with van der Waals surface area (Å²) in [5.41, 5.74) is 6.92. The lowest BCUT2D eigenvalue weighted by molar-refractivity contribution is -0.134. The number of carbonyl (C=O) groups excluding carboxylic acids is 1. The highest BCUT2D eigenvalue weighted by molar-refractivity contribution is 5.85. The van der Waals surface area contributed by atoms with E-state index in [0.717, 1.165) is 51.1 Å². The van der Waals surface area contributed by atoms with Crippen molar-refractivity contribution in [1.29, 1.82) is 0 Å². The molecule has 0 unspecified atom stereocenters. The van der Waals surface area contributed by atoms with E-state index in [9.17, 15) is 4.79 Å². The number of piperidine rings is 1. The van der Waals surface area contributed by atoms with Crippen LogP contribution in [0.3, 0.4) is 0 Å². The minimum Gasteiger partial charge on any atom is -0.494 e. The molecule has 6 heteroatoms. The number of amides is 1. The van der Waals surface area contributed by atoms with E-state index in [-0.39, 0.29) is 29.8 Å². The van der Waals surface area contributed by atoms with Crippen molar-refractivity contribution < 1.29 is 14.3 Å². The first-order valence-corrected chi connectivity index (χ1v) is 10.2. The van der Waals surface area contributed by atoms with Gasteiger partial charge in [0.05, 0.1) is 12.7 Å². The molecule has 5 nitrogen and oxygen atoms in total.